The molecular weight excluding hydrogens is 254 g/mol. The number of hydrogen-bond acceptors (Lipinski definition) is 3. The van der Waals surface area contributed by atoms with Crippen LogP contribution < -0.4 is 4.74 Å². The Bertz CT molecular complexity index is 603. The summed E-state index contributed by atoms with van der Waals surface area (Å²) in [4.78, 5) is 15.0. The quantitative estimate of drug-likeness (QED) is 0.908. The van der Waals surface area contributed by atoms with Crippen LogP contribution >= 0.6 is 0 Å². The first-order valence-electron chi connectivity index (χ1n) is 6.46. The minimum absolute atomic E-state index is 0.0917. The van der Waals surface area contributed by atoms with Gasteiger partial charge in [0.05, 0.1) is 6.61 Å². The fraction of sp³-hybridized carbons (Fsp3) is 0.250. The number of aryl methyl sites for hydroxylation is 2. The Morgan fingerprint density at radius 2 is 1.90 bits per heavy atom. The Labute approximate surface area is 118 Å². The maximum atomic E-state index is 11.0. The van der Waals surface area contributed by atoms with E-state index in [0.29, 0.717) is 6.61 Å². The summed E-state index contributed by atoms with van der Waals surface area (Å²) in [6.45, 7) is 4.53. The van der Waals surface area contributed by atoms with E-state index in [1.165, 1.54) is 29.0 Å². The molecule has 0 aliphatic heterocycles. The fourth-order valence-electron chi connectivity index (χ4n) is 2.16. The number of carbonyl (C=O) groups is 1. The third-order valence-electron chi connectivity index (χ3n) is 3.24. The molecule has 0 fully saturated rings. The molecule has 0 amide bonds. The maximum Gasteiger partial charge on any atom is 0.341 e. The van der Waals surface area contributed by atoms with Gasteiger partial charge in [0.1, 0.15) is 5.56 Å². The number of nitrogens with zero attached hydrogens (tertiary/aromatic N) is 1. The van der Waals surface area contributed by atoms with Gasteiger partial charge in [-0.2, -0.15) is 0 Å². The first-order chi connectivity index (χ1) is 9.59. The fourth-order valence-corrected chi connectivity index (χ4v) is 2.16. The van der Waals surface area contributed by atoms with Crippen molar-refractivity contribution in [3.63, 3.8) is 0 Å². The van der Waals surface area contributed by atoms with Crippen LogP contribution in [0.15, 0.2) is 36.5 Å². The van der Waals surface area contributed by atoms with Crippen molar-refractivity contribution >= 4 is 5.97 Å². The van der Waals surface area contributed by atoms with Gasteiger partial charge in [-0.25, -0.2) is 9.78 Å². The second kappa shape index (κ2) is 6.19. The lowest BCUT2D eigenvalue weighted by Crippen LogP contribution is -2.09. The zero-order valence-corrected chi connectivity index (χ0v) is 11.6. The summed E-state index contributed by atoms with van der Waals surface area (Å²) in [6.07, 6.45) is 2.26. The number of pyridine rings is 1. The third-order valence-corrected chi connectivity index (χ3v) is 3.24. The second-order valence-corrected chi connectivity index (χ2v) is 4.63. The molecule has 0 atom stereocenters. The minimum Gasteiger partial charge on any atom is -0.477 e. The van der Waals surface area contributed by atoms with Crippen molar-refractivity contribution in [3.8, 4) is 5.88 Å². The van der Waals surface area contributed by atoms with E-state index in [0.717, 1.165) is 6.42 Å². The summed E-state index contributed by atoms with van der Waals surface area (Å²) in [5.74, 6) is -0.855. The lowest BCUT2D eigenvalue weighted by atomic mass is 10.0. The zero-order valence-electron chi connectivity index (χ0n) is 11.6. The Morgan fingerprint density at radius 1 is 1.20 bits per heavy atom. The number of carboxylic acids is 1. The molecule has 20 heavy (non-hydrogen) atoms. The van der Waals surface area contributed by atoms with Gasteiger partial charge in [-0.3, -0.25) is 0 Å². The second-order valence-electron chi connectivity index (χ2n) is 4.63. The van der Waals surface area contributed by atoms with Crippen LogP contribution in [0.4, 0.5) is 0 Å². The number of rotatable bonds is 5. The molecule has 0 spiro atoms. The summed E-state index contributed by atoms with van der Waals surface area (Å²) in [6, 6.07) is 9.22. The molecule has 0 aliphatic rings. The number of aromatic nitrogens is 1. The highest BCUT2D eigenvalue weighted by molar-refractivity contribution is 5.90. The Morgan fingerprint density at radius 3 is 2.55 bits per heavy atom. The van der Waals surface area contributed by atoms with Crippen LogP contribution in [0.3, 0.4) is 0 Å². The zero-order chi connectivity index (χ0) is 14.5. The molecule has 4 heteroatoms. The molecule has 0 bridgehead atoms. The number of hydrogen-bond donors (Lipinski definition) is 1. The number of ether oxygens (including phenoxy) is 1. The normalized spacial score (nSPS) is 10.3. The van der Waals surface area contributed by atoms with Crippen molar-refractivity contribution in [2.75, 3.05) is 6.61 Å². The van der Waals surface area contributed by atoms with Gasteiger partial charge in [0.15, 0.2) is 0 Å². The molecular formula is C16H17NO3. The number of aromatic carboxylic acids is 1. The van der Waals surface area contributed by atoms with Gasteiger partial charge in [0.2, 0.25) is 5.88 Å². The molecule has 4 nitrogen and oxygen atoms in total. The molecule has 2 aromatic rings. The van der Waals surface area contributed by atoms with Crippen molar-refractivity contribution in [3.05, 3.63) is 58.8 Å². The van der Waals surface area contributed by atoms with E-state index in [-0.39, 0.29) is 11.4 Å². The molecule has 2 rings (SSSR count). The van der Waals surface area contributed by atoms with Crippen molar-refractivity contribution < 1.29 is 14.6 Å². The van der Waals surface area contributed by atoms with E-state index in [1.54, 1.807) is 6.07 Å². The van der Waals surface area contributed by atoms with E-state index < -0.39 is 5.97 Å². The monoisotopic (exact) mass is 271 g/mol. The predicted octanol–water partition coefficient (Wildman–Crippen LogP) is 3.02. The van der Waals surface area contributed by atoms with Crippen LogP contribution in [0, 0.1) is 13.8 Å². The minimum atomic E-state index is -1.03. The van der Waals surface area contributed by atoms with Crippen molar-refractivity contribution in [2.24, 2.45) is 0 Å². The first-order valence-corrected chi connectivity index (χ1v) is 6.46. The van der Waals surface area contributed by atoms with E-state index in [2.05, 4.69) is 31.0 Å². The van der Waals surface area contributed by atoms with Crippen LogP contribution in [0.5, 0.6) is 5.88 Å². The van der Waals surface area contributed by atoms with Gasteiger partial charge in [-0.1, -0.05) is 18.2 Å². The molecule has 1 heterocycles. The molecule has 0 saturated heterocycles. The molecule has 1 aromatic heterocycles. The van der Waals surface area contributed by atoms with Gasteiger partial charge < -0.3 is 9.84 Å². The summed E-state index contributed by atoms with van der Waals surface area (Å²) in [5, 5.41) is 9.05. The highest BCUT2D eigenvalue weighted by atomic mass is 16.5. The maximum absolute atomic E-state index is 11.0. The van der Waals surface area contributed by atoms with Crippen LogP contribution in [0.2, 0.25) is 0 Å². The van der Waals surface area contributed by atoms with Crippen molar-refractivity contribution in [1.82, 2.24) is 4.98 Å². The summed E-state index contributed by atoms with van der Waals surface area (Å²) in [7, 11) is 0. The van der Waals surface area contributed by atoms with Crippen molar-refractivity contribution in [2.45, 2.75) is 20.3 Å². The third kappa shape index (κ3) is 3.15. The molecule has 104 valence electrons. The molecule has 0 aliphatic carbocycles. The van der Waals surface area contributed by atoms with Crippen LogP contribution in [-0.2, 0) is 6.42 Å². The molecule has 0 radical (unpaired) electrons. The highest BCUT2D eigenvalue weighted by Gasteiger charge is 2.12. The number of benzene rings is 1. The topological polar surface area (TPSA) is 59.4 Å². The summed E-state index contributed by atoms with van der Waals surface area (Å²) >= 11 is 0. The van der Waals surface area contributed by atoms with Gasteiger partial charge in [0.25, 0.3) is 0 Å². The summed E-state index contributed by atoms with van der Waals surface area (Å²) in [5.41, 5.74) is 3.76. The lowest BCUT2D eigenvalue weighted by Gasteiger charge is -2.11. The molecule has 0 saturated carbocycles. The first kappa shape index (κ1) is 14.1. The Kier molecular flexibility index (Phi) is 4.35. The van der Waals surface area contributed by atoms with Crippen molar-refractivity contribution in [1.29, 1.82) is 0 Å². The molecule has 1 N–H and O–H groups in total. The Balaban J connectivity index is 2.05. The van der Waals surface area contributed by atoms with E-state index in [9.17, 15) is 4.79 Å². The SMILES string of the molecule is Cc1cccc(C)c1CCOc1ncccc1C(=O)O. The van der Waals surface area contributed by atoms with Crippen LogP contribution in [0.1, 0.15) is 27.0 Å². The Hall–Kier alpha value is -2.36. The summed E-state index contributed by atoms with van der Waals surface area (Å²) < 4.78 is 5.52. The number of carboxylic acid groups (broad SMARTS) is 1. The highest BCUT2D eigenvalue weighted by Crippen LogP contribution is 2.17. The van der Waals surface area contributed by atoms with Gasteiger partial charge in [-0.15, -0.1) is 0 Å². The molecule has 1 aromatic carbocycles. The van der Waals surface area contributed by atoms with Gasteiger partial charge in [0, 0.05) is 12.6 Å². The van der Waals surface area contributed by atoms with E-state index in [4.69, 9.17) is 9.84 Å². The smallest absolute Gasteiger partial charge is 0.341 e. The molecule has 0 unspecified atom stereocenters. The predicted molar refractivity (Wildman–Crippen MR) is 76.3 cm³/mol. The average Bonchev–Trinajstić information content (AvgIpc) is 2.42. The van der Waals surface area contributed by atoms with Gasteiger partial charge in [-0.05, 0) is 42.7 Å². The largest absolute Gasteiger partial charge is 0.477 e. The van der Waals surface area contributed by atoms with Crippen LogP contribution in [0.25, 0.3) is 0 Å². The standard InChI is InChI=1S/C16H17NO3/c1-11-5-3-6-12(2)13(11)8-10-20-15-14(16(18)19)7-4-9-17-15/h3-7,9H,8,10H2,1-2H3,(H,18,19). The van der Waals surface area contributed by atoms with Crippen LogP contribution in [-0.4, -0.2) is 22.7 Å². The average molecular weight is 271 g/mol. The van der Waals surface area contributed by atoms with Gasteiger partial charge >= 0.3 is 5.97 Å². The van der Waals surface area contributed by atoms with E-state index in [1.807, 2.05) is 6.07 Å². The van der Waals surface area contributed by atoms with E-state index >= 15 is 0 Å². The lowest BCUT2D eigenvalue weighted by molar-refractivity contribution is 0.0691.